The zero-order valence-corrected chi connectivity index (χ0v) is 5.49. The van der Waals surface area contributed by atoms with Gasteiger partial charge in [0, 0.05) is 0 Å². The van der Waals surface area contributed by atoms with Crippen LogP contribution in [0.4, 0.5) is 4.39 Å². The number of hydrogen-bond acceptors (Lipinski definition) is 1. The van der Waals surface area contributed by atoms with Gasteiger partial charge >= 0.3 is 0 Å². The normalized spacial score (nSPS) is 8.89. The van der Waals surface area contributed by atoms with Gasteiger partial charge in [-0.2, -0.15) is 0 Å². The van der Waals surface area contributed by atoms with Crippen LogP contribution >= 0.6 is 0 Å². The maximum atomic E-state index is 11.4. The van der Waals surface area contributed by atoms with Gasteiger partial charge in [-0.15, -0.1) is 6.42 Å². The minimum atomic E-state index is -0.224. The van der Waals surface area contributed by atoms with Crippen molar-refractivity contribution >= 4 is 0 Å². The first-order chi connectivity index (χ1) is 4.41. The van der Waals surface area contributed by atoms with Crippen LogP contribution in [0, 0.1) is 12.3 Å². The molecule has 1 nitrogen and oxygen atoms in total. The standard InChI is InChI=1S/C7H12FN/c1-2-6-9-7-4-3-5-8/h1,9H,3-7H2. The van der Waals surface area contributed by atoms with Crippen LogP contribution < -0.4 is 5.32 Å². The van der Waals surface area contributed by atoms with E-state index in [9.17, 15) is 4.39 Å². The van der Waals surface area contributed by atoms with Crippen molar-refractivity contribution in [3.8, 4) is 12.3 Å². The Balaban J connectivity index is 2.69. The predicted molar refractivity (Wildman–Crippen MR) is 36.9 cm³/mol. The molecule has 0 unspecified atom stereocenters. The molecule has 0 fully saturated rings. The second-order valence-electron chi connectivity index (χ2n) is 1.78. The Hall–Kier alpha value is -0.550. The fourth-order valence-corrected chi connectivity index (χ4v) is 0.505. The molecule has 0 aromatic heterocycles. The molecule has 0 aliphatic rings. The summed E-state index contributed by atoms with van der Waals surface area (Å²) in [7, 11) is 0. The van der Waals surface area contributed by atoms with Crippen molar-refractivity contribution in [2.45, 2.75) is 12.8 Å². The molecule has 0 aromatic carbocycles. The van der Waals surface area contributed by atoms with Crippen molar-refractivity contribution in [1.29, 1.82) is 0 Å². The van der Waals surface area contributed by atoms with E-state index >= 15 is 0 Å². The molecule has 0 amide bonds. The predicted octanol–water partition coefficient (Wildman–Crippen LogP) is 0.959. The van der Waals surface area contributed by atoms with Crippen molar-refractivity contribution in [3.05, 3.63) is 0 Å². The second-order valence-corrected chi connectivity index (χ2v) is 1.78. The van der Waals surface area contributed by atoms with Crippen LogP contribution in [0.2, 0.25) is 0 Å². The lowest BCUT2D eigenvalue weighted by molar-refractivity contribution is 0.457. The lowest BCUT2D eigenvalue weighted by atomic mass is 10.3. The molecule has 0 heterocycles. The van der Waals surface area contributed by atoms with Gasteiger partial charge < -0.3 is 5.32 Å². The minimum Gasteiger partial charge on any atom is -0.306 e. The highest BCUT2D eigenvalue weighted by molar-refractivity contribution is 4.86. The third-order valence-corrected chi connectivity index (χ3v) is 0.964. The number of hydrogen-bond donors (Lipinski definition) is 1. The van der Waals surface area contributed by atoms with Crippen LogP contribution in [0.5, 0.6) is 0 Å². The van der Waals surface area contributed by atoms with Gasteiger partial charge in [-0.3, -0.25) is 4.39 Å². The quantitative estimate of drug-likeness (QED) is 0.430. The summed E-state index contributed by atoms with van der Waals surface area (Å²) in [6.45, 7) is 1.19. The van der Waals surface area contributed by atoms with E-state index in [-0.39, 0.29) is 6.67 Å². The molecular weight excluding hydrogens is 117 g/mol. The van der Waals surface area contributed by atoms with Crippen LogP contribution in [-0.4, -0.2) is 19.8 Å². The third kappa shape index (κ3) is 7.45. The molecule has 0 aliphatic heterocycles. The van der Waals surface area contributed by atoms with Gasteiger partial charge in [-0.25, -0.2) is 0 Å². The van der Waals surface area contributed by atoms with Gasteiger partial charge in [-0.1, -0.05) is 5.92 Å². The van der Waals surface area contributed by atoms with E-state index in [1.807, 2.05) is 0 Å². The molecule has 0 bridgehead atoms. The highest BCUT2D eigenvalue weighted by atomic mass is 19.1. The molecule has 0 saturated heterocycles. The first kappa shape index (κ1) is 8.45. The highest BCUT2D eigenvalue weighted by Crippen LogP contribution is 1.85. The summed E-state index contributed by atoms with van der Waals surface area (Å²) in [5, 5.41) is 2.97. The summed E-state index contributed by atoms with van der Waals surface area (Å²) in [4.78, 5) is 0. The van der Waals surface area contributed by atoms with E-state index in [4.69, 9.17) is 6.42 Å². The number of terminal acetylenes is 1. The smallest absolute Gasteiger partial charge is 0.0894 e. The van der Waals surface area contributed by atoms with Gasteiger partial charge in [-0.05, 0) is 19.4 Å². The van der Waals surface area contributed by atoms with E-state index in [1.54, 1.807) is 0 Å². The van der Waals surface area contributed by atoms with E-state index in [2.05, 4.69) is 11.2 Å². The Morgan fingerprint density at radius 1 is 1.44 bits per heavy atom. The molecule has 0 spiro atoms. The van der Waals surface area contributed by atoms with E-state index in [0.717, 1.165) is 13.0 Å². The maximum Gasteiger partial charge on any atom is 0.0894 e. The highest BCUT2D eigenvalue weighted by Gasteiger charge is 1.84. The molecule has 0 radical (unpaired) electrons. The van der Waals surface area contributed by atoms with Gasteiger partial charge in [0.2, 0.25) is 0 Å². The van der Waals surface area contributed by atoms with Crippen molar-refractivity contribution in [2.75, 3.05) is 19.8 Å². The molecule has 52 valence electrons. The zero-order valence-electron chi connectivity index (χ0n) is 5.49. The molecule has 1 N–H and O–H groups in total. The summed E-state index contributed by atoms with van der Waals surface area (Å²) < 4.78 is 11.4. The molecular formula is C7H12FN. The number of halogens is 1. The number of unbranched alkanes of at least 4 members (excludes halogenated alkanes) is 1. The van der Waals surface area contributed by atoms with Crippen molar-refractivity contribution in [2.24, 2.45) is 0 Å². The Morgan fingerprint density at radius 2 is 2.22 bits per heavy atom. The van der Waals surface area contributed by atoms with E-state index in [0.29, 0.717) is 13.0 Å². The largest absolute Gasteiger partial charge is 0.306 e. The van der Waals surface area contributed by atoms with Crippen LogP contribution in [0.1, 0.15) is 12.8 Å². The molecule has 0 aromatic rings. The van der Waals surface area contributed by atoms with E-state index in [1.165, 1.54) is 0 Å². The molecule has 0 saturated carbocycles. The summed E-state index contributed by atoms with van der Waals surface area (Å²) in [6.07, 6.45) is 6.47. The van der Waals surface area contributed by atoms with Gasteiger partial charge in [0.1, 0.15) is 0 Å². The minimum absolute atomic E-state index is 0.224. The molecule has 9 heavy (non-hydrogen) atoms. The number of alkyl halides is 1. The average Bonchev–Trinajstić information content (AvgIpc) is 1.89. The summed E-state index contributed by atoms with van der Waals surface area (Å²) in [5.74, 6) is 2.44. The van der Waals surface area contributed by atoms with Gasteiger partial charge in [0.15, 0.2) is 0 Å². The van der Waals surface area contributed by atoms with Crippen molar-refractivity contribution in [3.63, 3.8) is 0 Å². The SMILES string of the molecule is C#CCNCCCCF. The van der Waals surface area contributed by atoms with Gasteiger partial charge in [0.25, 0.3) is 0 Å². The van der Waals surface area contributed by atoms with Crippen LogP contribution in [0.15, 0.2) is 0 Å². The Bertz CT molecular complexity index is 85.4. The molecule has 2 heteroatoms. The molecule has 0 atom stereocenters. The monoisotopic (exact) mass is 129 g/mol. The van der Waals surface area contributed by atoms with Crippen LogP contribution in [0.3, 0.4) is 0 Å². The summed E-state index contributed by atoms with van der Waals surface area (Å²) in [6, 6.07) is 0. The topological polar surface area (TPSA) is 12.0 Å². The zero-order chi connectivity index (χ0) is 6.95. The third-order valence-electron chi connectivity index (χ3n) is 0.964. The Labute approximate surface area is 55.6 Å². The Morgan fingerprint density at radius 3 is 2.78 bits per heavy atom. The lowest BCUT2D eigenvalue weighted by Crippen LogP contribution is -2.14. The number of rotatable bonds is 5. The second kappa shape index (κ2) is 7.45. The summed E-state index contributed by atoms with van der Waals surface area (Å²) >= 11 is 0. The van der Waals surface area contributed by atoms with Gasteiger partial charge in [0.05, 0.1) is 13.2 Å². The van der Waals surface area contributed by atoms with Crippen LogP contribution in [-0.2, 0) is 0 Å². The average molecular weight is 129 g/mol. The molecule has 0 rings (SSSR count). The first-order valence-electron chi connectivity index (χ1n) is 3.12. The number of nitrogens with one attached hydrogen (secondary N) is 1. The first-order valence-corrected chi connectivity index (χ1v) is 3.12. The molecule has 0 aliphatic carbocycles. The fourth-order valence-electron chi connectivity index (χ4n) is 0.505. The Kier molecular flexibility index (Phi) is 6.99. The van der Waals surface area contributed by atoms with Crippen molar-refractivity contribution < 1.29 is 4.39 Å². The maximum absolute atomic E-state index is 11.4. The van der Waals surface area contributed by atoms with Crippen molar-refractivity contribution in [1.82, 2.24) is 5.32 Å². The summed E-state index contributed by atoms with van der Waals surface area (Å²) in [5.41, 5.74) is 0. The van der Waals surface area contributed by atoms with Crippen LogP contribution in [0.25, 0.3) is 0 Å². The lowest BCUT2D eigenvalue weighted by Gasteiger charge is -1.96. The fraction of sp³-hybridized carbons (Fsp3) is 0.714. The van der Waals surface area contributed by atoms with E-state index < -0.39 is 0 Å².